The summed E-state index contributed by atoms with van der Waals surface area (Å²) in [6, 6.07) is 13.0. The number of carbonyl (C=O) groups is 1. The Morgan fingerprint density at radius 1 is 1.11 bits per heavy atom. The molecule has 0 aliphatic carbocycles. The molecular formula is C17H14Cl3I2N3OS. The number of nitrogens with one attached hydrogen (secondary N) is 3. The van der Waals surface area contributed by atoms with Gasteiger partial charge >= 0.3 is 0 Å². The third-order valence-electron chi connectivity index (χ3n) is 3.43. The van der Waals surface area contributed by atoms with E-state index in [0.717, 1.165) is 18.4 Å². The van der Waals surface area contributed by atoms with Crippen molar-refractivity contribution in [3.63, 3.8) is 0 Å². The van der Waals surface area contributed by atoms with Crippen molar-refractivity contribution in [2.75, 3.05) is 5.32 Å². The average molecular weight is 669 g/mol. The predicted octanol–water partition coefficient (Wildman–Crippen LogP) is 5.62. The Kier molecular flexibility index (Phi) is 8.69. The molecule has 0 heterocycles. The maximum atomic E-state index is 12.6. The fraction of sp³-hybridized carbons (Fsp3) is 0.176. The van der Waals surface area contributed by atoms with Crippen LogP contribution in [0.4, 0.5) is 5.69 Å². The van der Waals surface area contributed by atoms with Crippen LogP contribution in [-0.2, 0) is 0 Å². The molecule has 4 nitrogen and oxygen atoms in total. The third kappa shape index (κ3) is 7.04. The Balaban J connectivity index is 2.11. The number of thiocarbonyl (C=S) groups is 1. The molecule has 2 rings (SSSR count). The van der Waals surface area contributed by atoms with Gasteiger partial charge in [-0.3, -0.25) is 4.79 Å². The van der Waals surface area contributed by atoms with Gasteiger partial charge in [0, 0.05) is 12.8 Å². The fourth-order valence-corrected chi connectivity index (χ4v) is 3.95. The summed E-state index contributed by atoms with van der Waals surface area (Å²) < 4.78 is 0.0761. The average Bonchev–Trinajstić information content (AvgIpc) is 2.56. The molecule has 0 saturated heterocycles. The molecule has 0 spiro atoms. The molecule has 0 aromatic heterocycles. The minimum Gasteiger partial charge on any atom is -0.339 e. The number of hydrogen-bond acceptors (Lipinski definition) is 2. The van der Waals surface area contributed by atoms with E-state index >= 15 is 0 Å². The van der Waals surface area contributed by atoms with E-state index in [1.807, 2.05) is 37.3 Å². The van der Waals surface area contributed by atoms with Gasteiger partial charge in [0.1, 0.15) is 6.17 Å². The van der Waals surface area contributed by atoms with Gasteiger partial charge in [0.15, 0.2) is 5.11 Å². The summed E-state index contributed by atoms with van der Waals surface area (Å²) in [6.07, 6.45) is -1.03. The predicted molar refractivity (Wildman–Crippen MR) is 134 cm³/mol. The highest BCUT2D eigenvalue weighted by molar-refractivity contribution is 14.1. The van der Waals surface area contributed by atoms with Crippen molar-refractivity contribution >= 4 is 109 Å². The summed E-state index contributed by atoms with van der Waals surface area (Å²) in [4.78, 5) is 12.6. The standard InChI is InChI=1S/C17H14Cl3I2N3OS/c1-9-8-10(21)6-7-13(9)23-16(27)25-15(17(18,19)20)24-14(26)11-4-2-3-5-12(11)22/h2-8,15H,1H3,(H,24,26)(H2,23,25,27). The Hall–Kier alpha value is -0.0700. The van der Waals surface area contributed by atoms with Gasteiger partial charge in [0.05, 0.1) is 5.56 Å². The van der Waals surface area contributed by atoms with Gasteiger partial charge in [-0.1, -0.05) is 46.9 Å². The second kappa shape index (κ2) is 10.1. The van der Waals surface area contributed by atoms with Crippen LogP contribution in [0.2, 0.25) is 0 Å². The zero-order valence-electron chi connectivity index (χ0n) is 13.8. The van der Waals surface area contributed by atoms with Crippen LogP contribution < -0.4 is 16.0 Å². The van der Waals surface area contributed by atoms with Crippen molar-refractivity contribution in [3.8, 4) is 0 Å². The summed E-state index contributed by atoms with van der Waals surface area (Å²) in [5.41, 5.74) is 2.31. The summed E-state index contributed by atoms with van der Waals surface area (Å²) in [6.45, 7) is 1.96. The minimum atomic E-state index is -1.82. The number of anilines is 1. The maximum absolute atomic E-state index is 12.6. The molecule has 0 saturated carbocycles. The van der Waals surface area contributed by atoms with Gasteiger partial charge in [0.25, 0.3) is 5.91 Å². The van der Waals surface area contributed by atoms with E-state index in [2.05, 4.69) is 61.1 Å². The Morgan fingerprint density at radius 3 is 2.37 bits per heavy atom. The summed E-state index contributed by atoms with van der Waals surface area (Å²) >= 11 is 27.7. The number of hydrogen-bond donors (Lipinski definition) is 3. The largest absolute Gasteiger partial charge is 0.339 e. The zero-order valence-corrected chi connectivity index (χ0v) is 21.2. The topological polar surface area (TPSA) is 53.2 Å². The third-order valence-corrected chi connectivity index (χ3v) is 5.92. The molecule has 1 atom stereocenters. The van der Waals surface area contributed by atoms with Crippen molar-refractivity contribution < 1.29 is 4.79 Å². The molecule has 10 heteroatoms. The van der Waals surface area contributed by atoms with Crippen LogP contribution in [-0.4, -0.2) is 21.0 Å². The van der Waals surface area contributed by atoms with Crippen molar-refractivity contribution in [2.45, 2.75) is 16.9 Å². The second-order valence-corrected chi connectivity index (χ2v) is 10.7. The lowest BCUT2D eigenvalue weighted by molar-refractivity contribution is 0.0933. The van der Waals surface area contributed by atoms with Gasteiger partial charge in [-0.25, -0.2) is 0 Å². The Labute approximate surface area is 205 Å². The first-order valence-electron chi connectivity index (χ1n) is 7.53. The Bertz CT molecular complexity index is 862. The van der Waals surface area contributed by atoms with Gasteiger partial charge < -0.3 is 16.0 Å². The number of rotatable bonds is 4. The number of aryl methyl sites for hydroxylation is 1. The normalized spacial score (nSPS) is 12.2. The van der Waals surface area contributed by atoms with Crippen molar-refractivity contribution in [1.82, 2.24) is 10.6 Å². The molecular weight excluding hydrogens is 654 g/mol. The minimum absolute atomic E-state index is 0.221. The fourth-order valence-electron chi connectivity index (χ4n) is 2.11. The van der Waals surface area contributed by atoms with Crippen LogP contribution in [0.1, 0.15) is 15.9 Å². The van der Waals surface area contributed by atoms with E-state index in [0.29, 0.717) is 5.56 Å². The van der Waals surface area contributed by atoms with Crippen LogP contribution in [0.3, 0.4) is 0 Å². The van der Waals surface area contributed by atoms with Crippen molar-refractivity contribution in [1.29, 1.82) is 0 Å². The lowest BCUT2D eigenvalue weighted by atomic mass is 10.2. The monoisotopic (exact) mass is 667 g/mol. The van der Waals surface area contributed by atoms with Gasteiger partial charge in [0.2, 0.25) is 3.79 Å². The van der Waals surface area contributed by atoms with Crippen LogP contribution in [0.15, 0.2) is 42.5 Å². The molecule has 0 aliphatic rings. The molecule has 0 radical (unpaired) electrons. The number of halogens is 5. The zero-order chi connectivity index (χ0) is 20.2. The highest BCUT2D eigenvalue weighted by atomic mass is 127. The van der Waals surface area contributed by atoms with Crippen LogP contribution in [0, 0.1) is 14.1 Å². The lowest BCUT2D eigenvalue weighted by Gasteiger charge is -2.28. The molecule has 144 valence electrons. The van der Waals surface area contributed by atoms with E-state index in [1.54, 1.807) is 12.1 Å². The van der Waals surface area contributed by atoms with Crippen LogP contribution in [0.5, 0.6) is 0 Å². The lowest BCUT2D eigenvalue weighted by Crippen LogP contribution is -2.56. The highest BCUT2D eigenvalue weighted by Gasteiger charge is 2.35. The molecule has 3 N–H and O–H groups in total. The van der Waals surface area contributed by atoms with Gasteiger partial charge in [-0.2, -0.15) is 0 Å². The number of amides is 1. The first-order valence-corrected chi connectivity index (χ1v) is 11.2. The van der Waals surface area contributed by atoms with E-state index < -0.39 is 9.96 Å². The van der Waals surface area contributed by atoms with Crippen molar-refractivity contribution in [3.05, 3.63) is 60.7 Å². The van der Waals surface area contributed by atoms with Crippen LogP contribution in [0.25, 0.3) is 0 Å². The summed E-state index contributed by atoms with van der Waals surface area (Å²) in [5, 5.41) is 8.80. The number of carbonyl (C=O) groups excluding carboxylic acids is 1. The SMILES string of the molecule is Cc1cc(I)ccc1NC(=S)NC(NC(=O)c1ccccc1I)C(Cl)(Cl)Cl. The first kappa shape index (κ1) is 23.2. The van der Waals surface area contributed by atoms with Crippen molar-refractivity contribution in [2.24, 2.45) is 0 Å². The highest BCUT2D eigenvalue weighted by Crippen LogP contribution is 2.29. The molecule has 0 aliphatic heterocycles. The molecule has 1 unspecified atom stereocenters. The molecule has 0 fully saturated rings. The molecule has 27 heavy (non-hydrogen) atoms. The van der Waals surface area contributed by atoms with Gasteiger partial charge in [-0.05, 0) is 100 Å². The first-order chi connectivity index (χ1) is 12.6. The Morgan fingerprint density at radius 2 is 1.78 bits per heavy atom. The smallest absolute Gasteiger partial charge is 0.254 e. The van der Waals surface area contributed by atoms with E-state index in [9.17, 15) is 4.79 Å². The van der Waals surface area contributed by atoms with E-state index in [-0.39, 0.29) is 11.0 Å². The summed E-state index contributed by atoms with van der Waals surface area (Å²) in [5.74, 6) is -0.378. The van der Waals surface area contributed by atoms with E-state index in [4.69, 9.17) is 47.0 Å². The second-order valence-electron chi connectivity index (χ2n) is 5.49. The summed E-state index contributed by atoms with van der Waals surface area (Å²) in [7, 11) is 0. The van der Waals surface area contributed by atoms with E-state index in [1.165, 1.54) is 0 Å². The van der Waals surface area contributed by atoms with Gasteiger partial charge in [-0.15, -0.1) is 0 Å². The molecule has 2 aromatic rings. The number of benzene rings is 2. The molecule has 2 aromatic carbocycles. The molecule has 0 bridgehead atoms. The number of alkyl halides is 3. The maximum Gasteiger partial charge on any atom is 0.254 e. The molecule has 1 amide bonds. The quantitative estimate of drug-likeness (QED) is 0.172. The van der Waals surface area contributed by atoms with Crippen LogP contribution >= 0.6 is 92.2 Å².